The van der Waals surface area contributed by atoms with Gasteiger partial charge in [-0.15, -0.1) is 10.2 Å². The van der Waals surface area contributed by atoms with Crippen LogP contribution in [0.3, 0.4) is 0 Å². The summed E-state index contributed by atoms with van der Waals surface area (Å²) in [6, 6.07) is 17.8. The van der Waals surface area contributed by atoms with E-state index in [4.69, 9.17) is 0 Å². The first-order chi connectivity index (χ1) is 16.3. The van der Waals surface area contributed by atoms with Gasteiger partial charge in [-0.1, -0.05) is 47.7 Å². The number of nitrogens with zero attached hydrogens (tertiary/aromatic N) is 4. The molecular weight excluding hydrogens is 472 g/mol. The molecule has 4 rings (SSSR count). The lowest BCUT2D eigenvalue weighted by Crippen LogP contribution is -2.26. The Morgan fingerprint density at radius 1 is 1.00 bits per heavy atom. The second-order valence-electron chi connectivity index (χ2n) is 7.67. The molecule has 0 atom stereocenters. The molecule has 0 radical (unpaired) electrons. The average molecular weight is 497 g/mol. The minimum absolute atomic E-state index is 0.129. The number of carbonyl (C=O) groups is 1. The minimum atomic E-state index is -3.62. The first-order valence-electron chi connectivity index (χ1n) is 10.6. The van der Waals surface area contributed by atoms with E-state index in [-0.39, 0.29) is 23.1 Å². The number of para-hydroxylation sites is 1. The fourth-order valence-corrected chi connectivity index (χ4v) is 4.87. The lowest BCUT2D eigenvalue weighted by molar-refractivity contribution is -0.113. The van der Waals surface area contributed by atoms with Crippen LogP contribution in [0, 0.1) is 13.8 Å². The zero-order valence-electron chi connectivity index (χ0n) is 18.7. The van der Waals surface area contributed by atoms with Gasteiger partial charge in [-0.25, -0.2) is 13.1 Å². The quantitative estimate of drug-likeness (QED) is 0.342. The van der Waals surface area contributed by atoms with E-state index in [1.165, 1.54) is 11.8 Å². The zero-order chi connectivity index (χ0) is 24.1. The number of rotatable bonds is 9. The van der Waals surface area contributed by atoms with E-state index in [0.29, 0.717) is 22.9 Å². The van der Waals surface area contributed by atoms with Crippen LogP contribution in [0.15, 0.2) is 70.6 Å². The first-order valence-corrected chi connectivity index (χ1v) is 13.0. The monoisotopic (exact) mass is 496 g/mol. The van der Waals surface area contributed by atoms with Crippen LogP contribution in [-0.2, 0) is 21.2 Å². The third kappa shape index (κ3) is 5.79. The van der Waals surface area contributed by atoms with Gasteiger partial charge in [0.25, 0.3) is 0 Å². The van der Waals surface area contributed by atoms with E-state index in [0.717, 1.165) is 16.8 Å². The molecule has 2 N–H and O–H groups in total. The van der Waals surface area contributed by atoms with Crippen LogP contribution in [0.5, 0.6) is 0 Å². The Kier molecular flexibility index (Phi) is 7.25. The van der Waals surface area contributed by atoms with E-state index in [1.54, 1.807) is 40.9 Å². The van der Waals surface area contributed by atoms with Crippen molar-refractivity contribution in [3.8, 4) is 0 Å². The first kappa shape index (κ1) is 23.9. The second-order valence-corrected chi connectivity index (χ2v) is 10.4. The van der Waals surface area contributed by atoms with Gasteiger partial charge in [-0.05, 0) is 49.7 Å². The Labute approximate surface area is 202 Å². The number of benzene rings is 2. The molecule has 11 heteroatoms. The summed E-state index contributed by atoms with van der Waals surface area (Å²) in [5.41, 5.74) is 3.31. The summed E-state index contributed by atoms with van der Waals surface area (Å²) in [4.78, 5) is 12.5. The van der Waals surface area contributed by atoms with Crippen LogP contribution in [0.25, 0.3) is 5.65 Å². The molecular formula is C23H24N6O3S2. The van der Waals surface area contributed by atoms with Crippen molar-refractivity contribution >= 4 is 39.0 Å². The molecule has 2 aromatic carbocycles. The molecule has 176 valence electrons. The Hall–Kier alpha value is -3.28. The highest BCUT2D eigenvalue weighted by Crippen LogP contribution is 2.18. The summed E-state index contributed by atoms with van der Waals surface area (Å²) < 4.78 is 29.1. The predicted molar refractivity (Wildman–Crippen MR) is 131 cm³/mol. The van der Waals surface area contributed by atoms with Crippen molar-refractivity contribution in [1.82, 2.24) is 24.5 Å². The van der Waals surface area contributed by atoms with Gasteiger partial charge in [0.15, 0.2) is 11.5 Å². The number of fused-ring (bicyclic) bond motifs is 1. The van der Waals surface area contributed by atoms with Crippen LogP contribution in [0.2, 0.25) is 0 Å². The molecule has 0 saturated carbocycles. The second kappa shape index (κ2) is 10.3. The van der Waals surface area contributed by atoms with Gasteiger partial charge in [0.05, 0.1) is 10.6 Å². The summed E-state index contributed by atoms with van der Waals surface area (Å²) in [5, 5.41) is 16.3. The maximum Gasteiger partial charge on any atom is 0.240 e. The lowest BCUT2D eigenvalue weighted by atomic mass is 10.2. The van der Waals surface area contributed by atoms with Gasteiger partial charge >= 0.3 is 0 Å². The molecule has 4 aromatic rings. The molecule has 9 nitrogen and oxygen atoms in total. The lowest BCUT2D eigenvalue weighted by Gasteiger charge is -2.08. The predicted octanol–water partition coefficient (Wildman–Crippen LogP) is 2.99. The van der Waals surface area contributed by atoms with E-state index in [2.05, 4.69) is 25.3 Å². The molecule has 2 heterocycles. The molecule has 0 fully saturated rings. The molecule has 1 amide bonds. The number of amides is 1. The van der Waals surface area contributed by atoms with Crippen LogP contribution in [-0.4, -0.2) is 46.4 Å². The van der Waals surface area contributed by atoms with Crippen LogP contribution >= 0.6 is 11.8 Å². The third-order valence-corrected chi connectivity index (χ3v) is 7.44. The van der Waals surface area contributed by atoms with Gasteiger partial charge < -0.3 is 5.32 Å². The number of hydrogen-bond donors (Lipinski definition) is 2. The number of aryl methyl sites for hydroxylation is 2. The Bertz CT molecular complexity index is 1420. The van der Waals surface area contributed by atoms with Crippen molar-refractivity contribution in [2.24, 2.45) is 0 Å². The van der Waals surface area contributed by atoms with Crippen molar-refractivity contribution in [3.63, 3.8) is 0 Å². The number of hydrogen-bond acceptors (Lipinski definition) is 7. The third-order valence-electron chi connectivity index (χ3n) is 5.05. The highest BCUT2D eigenvalue weighted by atomic mass is 32.2. The van der Waals surface area contributed by atoms with Crippen molar-refractivity contribution in [2.75, 3.05) is 17.6 Å². The van der Waals surface area contributed by atoms with E-state index in [1.807, 2.05) is 38.1 Å². The molecule has 0 aliphatic rings. The summed E-state index contributed by atoms with van der Waals surface area (Å²) in [7, 11) is -3.62. The number of nitrogens with one attached hydrogen (secondary N) is 2. The van der Waals surface area contributed by atoms with Crippen molar-refractivity contribution in [2.45, 2.75) is 30.2 Å². The minimum Gasteiger partial charge on any atom is -0.325 e. The van der Waals surface area contributed by atoms with Gasteiger partial charge in [0, 0.05) is 18.7 Å². The summed E-state index contributed by atoms with van der Waals surface area (Å²) in [5.74, 6) is 0.588. The van der Waals surface area contributed by atoms with Crippen LogP contribution in [0.1, 0.15) is 17.0 Å². The molecule has 0 saturated heterocycles. The van der Waals surface area contributed by atoms with E-state index < -0.39 is 10.0 Å². The summed E-state index contributed by atoms with van der Waals surface area (Å²) in [6.45, 7) is 3.98. The van der Waals surface area contributed by atoms with Gasteiger partial charge in [-0.3, -0.25) is 4.79 Å². The fraction of sp³-hybridized carbons (Fsp3) is 0.217. The number of sulfonamides is 1. The number of aromatic nitrogens is 4. The van der Waals surface area contributed by atoms with Crippen molar-refractivity contribution in [1.29, 1.82) is 0 Å². The molecule has 0 aliphatic heterocycles. The molecule has 0 unspecified atom stereocenters. The molecule has 34 heavy (non-hydrogen) atoms. The molecule has 0 spiro atoms. The maximum absolute atomic E-state index is 12.5. The van der Waals surface area contributed by atoms with Crippen molar-refractivity contribution < 1.29 is 13.2 Å². The molecule has 2 aromatic heterocycles. The number of anilines is 1. The topological polar surface area (TPSA) is 118 Å². The van der Waals surface area contributed by atoms with Crippen LogP contribution in [0.4, 0.5) is 5.69 Å². The van der Waals surface area contributed by atoms with E-state index in [9.17, 15) is 13.2 Å². The fourth-order valence-electron chi connectivity index (χ4n) is 3.19. The highest BCUT2D eigenvalue weighted by molar-refractivity contribution is 7.99. The smallest absolute Gasteiger partial charge is 0.240 e. The Morgan fingerprint density at radius 2 is 1.76 bits per heavy atom. The summed E-state index contributed by atoms with van der Waals surface area (Å²) in [6.07, 6.45) is 0.307. The van der Waals surface area contributed by atoms with E-state index >= 15 is 0 Å². The average Bonchev–Trinajstić information content (AvgIpc) is 3.22. The molecule has 0 bridgehead atoms. The zero-order valence-corrected chi connectivity index (χ0v) is 20.4. The maximum atomic E-state index is 12.5. The van der Waals surface area contributed by atoms with Crippen molar-refractivity contribution in [3.05, 3.63) is 77.6 Å². The van der Waals surface area contributed by atoms with Crippen LogP contribution < -0.4 is 10.0 Å². The summed E-state index contributed by atoms with van der Waals surface area (Å²) >= 11 is 1.30. The van der Waals surface area contributed by atoms with Gasteiger partial charge in [0.2, 0.25) is 15.9 Å². The number of carbonyl (C=O) groups excluding carboxylic acids is 1. The normalized spacial score (nSPS) is 11.6. The number of thioether (sulfide) groups is 1. The largest absolute Gasteiger partial charge is 0.325 e. The standard InChI is InChI=1S/C23H24N6O3S2/c1-16-7-9-18(10-8-16)34(31,32)24-14-13-21-27-26-20-11-12-23(28-29(20)21)33-15-22(30)25-19-6-4-3-5-17(19)2/h3-12,24H,13-15H2,1-2H3,(H,25,30). The SMILES string of the molecule is Cc1ccc(S(=O)(=O)NCCc2nnc3ccc(SCC(=O)Nc4ccccc4C)nn23)cc1. The van der Waals surface area contributed by atoms with Gasteiger partial charge in [0.1, 0.15) is 5.03 Å². The van der Waals surface area contributed by atoms with Gasteiger partial charge in [-0.2, -0.15) is 9.61 Å². The molecule has 0 aliphatic carbocycles. The highest BCUT2D eigenvalue weighted by Gasteiger charge is 2.15. The Balaban J connectivity index is 1.37. The Morgan fingerprint density at radius 3 is 2.53 bits per heavy atom.